The molecule has 3 rings (SSSR count). The van der Waals surface area contributed by atoms with Crippen LogP contribution in [-0.4, -0.2) is 58.2 Å². The molecule has 2 amide bonds. The van der Waals surface area contributed by atoms with E-state index in [0.717, 1.165) is 17.4 Å². The molecule has 29 heavy (non-hydrogen) atoms. The number of primary amides is 1. The SMILES string of the molecule is CCN(C)C(=O)[C@H](O)C#Cc1cc2c(cc1F)OCC(O)c1sc(C(N)=O)nc1-2. The molecule has 4 N–H and O–H groups in total. The van der Waals surface area contributed by atoms with Crippen LogP contribution in [0.3, 0.4) is 0 Å². The Bertz CT molecular complexity index is 1040. The molecule has 2 heterocycles. The number of carbonyl (C=O) groups is 2. The molecular formula is C19H18FN3O5S. The van der Waals surface area contributed by atoms with Gasteiger partial charge in [-0.1, -0.05) is 11.8 Å². The Morgan fingerprint density at radius 2 is 2.24 bits per heavy atom. The van der Waals surface area contributed by atoms with Gasteiger partial charge in [-0.3, -0.25) is 9.59 Å². The van der Waals surface area contributed by atoms with Crippen molar-refractivity contribution in [2.24, 2.45) is 5.73 Å². The molecule has 0 spiro atoms. The highest BCUT2D eigenvalue weighted by Gasteiger charge is 2.28. The van der Waals surface area contributed by atoms with Crippen molar-refractivity contribution in [3.05, 3.63) is 33.4 Å². The van der Waals surface area contributed by atoms with Crippen LogP contribution in [0, 0.1) is 17.7 Å². The maximum absolute atomic E-state index is 14.5. The number of hydrogen-bond donors (Lipinski definition) is 3. The molecule has 0 bridgehead atoms. The first-order chi connectivity index (χ1) is 13.7. The van der Waals surface area contributed by atoms with E-state index >= 15 is 0 Å². The van der Waals surface area contributed by atoms with Gasteiger partial charge in [0.25, 0.3) is 11.8 Å². The predicted octanol–water partition coefficient (Wildman–Crippen LogP) is 0.665. The quantitative estimate of drug-likeness (QED) is 0.628. The van der Waals surface area contributed by atoms with Gasteiger partial charge in [-0.25, -0.2) is 9.37 Å². The molecular weight excluding hydrogens is 401 g/mol. The Balaban J connectivity index is 2.05. The third kappa shape index (κ3) is 4.07. The summed E-state index contributed by atoms with van der Waals surface area (Å²) in [4.78, 5) is 29.2. The molecule has 0 radical (unpaired) electrons. The van der Waals surface area contributed by atoms with Crippen LogP contribution in [0.2, 0.25) is 0 Å². The number of amides is 2. The molecule has 1 aromatic carbocycles. The van der Waals surface area contributed by atoms with E-state index in [9.17, 15) is 24.2 Å². The van der Waals surface area contributed by atoms with Gasteiger partial charge in [-0.2, -0.15) is 0 Å². The highest BCUT2D eigenvalue weighted by Crippen LogP contribution is 2.41. The number of nitrogens with zero attached hydrogens (tertiary/aromatic N) is 2. The van der Waals surface area contributed by atoms with E-state index in [4.69, 9.17) is 10.5 Å². The number of rotatable bonds is 3. The van der Waals surface area contributed by atoms with Crippen molar-refractivity contribution in [3.8, 4) is 28.8 Å². The van der Waals surface area contributed by atoms with Gasteiger partial charge in [0.1, 0.15) is 24.3 Å². The van der Waals surface area contributed by atoms with Crippen molar-refractivity contribution in [3.63, 3.8) is 0 Å². The van der Waals surface area contributed by atoms with E-state index in [-0.39, 0.29) is 28.6 Å². The van der Waals surface area contributed by atoms with Crippen LogP contribution in [0.4, 0.5) is 4.39 Å². The Kier molecular flexibility index (Phi) is 5.83. The van der Waals surface area contributed by atoms with E-state index in [2.05, 4.69) is 16.8 Å². The molecule has 0 fully saturated rings. The average Bonchev–Trinajstić information content (AvgIpc) is 3.10. The summed E-state index contributed by atoms with van der Waals surface area (Å²) < 4.78 is 19.9. The minimum Gasteiger partial charge on any atom is -0.490 e. The topological polar surface area (TPSA) is 126 Å². The van der Waals surface area contributed by atoms with Crippen molar-refractivity contribution in [2.75, 3.05) is 20.2 Å². The molecule has 2 atom stereocenters. The number of carbonyl (C=O) groups excluding carboxylic acids is 2. The highest BCUT2D eigenvalue weighted by molar-refractivity contribution is 7.14. The van der Waals surface area contributed by atoms with Crippen molar-refractivity contribution < 1.29 is 28.9 Å². The molecule has 0 saturated carbocycles. The number of halogens is 1. The maximum atomic E-state index is 14.5. The van der Waals surface area contributed by atoms with E-state index in [0.29, 0.717) is 17.0 Å². The number of ether oxygens (including phenoxy) is 1. The number of hydrogen-bond acceptors (Lipinski definition) is 7. The Morgan fingerprint density at radius 1 is 1.52 bits per heavy atom. The van der Waals surface area contributed by atoms with E-state index in [1.54, 1.807) is 6.92 Å². The largest absolute Gasteiger partial charge is 0.490 e. The first-order valence-corrected chi connectivity index (χ1v) is 9.44. The molecule has 1 aliphatic rings. The molecule has 1 unspecified atom stereocenters. The number of likely N-dealkylation sites (N-methyl/N-ethyl adjacent to an activating group) is 1. The summed E-state index contributed by atoms with van der Waals surface area (Å²) in [5.41, 5.74) is 5.74. The molecule has 0 saturated heterocycles. The van der Waals surface area contributed by atoms with Crippen LogP contribution >= 0.6 is 11.3 Å². The van der Waals surface area contributed by atoms with E-state index in [1.807, 2.05) is 0 Å². The zero-order chi connectivity index (χ0) is 21.3. The number of aliphatic hydroxyl groups excluding tert-OH is 2. The Morgan fingerprint density at radius 3 is 2.90 bits per heavy atom. The minimum absolute atomic E-state index is 0.00230. The lowest BCUT2D eigenvalue weighted by Crippen LogP contribution is -2.35. The lowest BCUT2D eigenvalue weighted by atomic mass is 10.0. The number of aliphatic hydroxyl groups is 2. The normalized spacial score (nSPS) is 15.7. The van der Waals surface area contributed by atoms with Gasteiger partial charge in [0, 0.05) is 25.2 Å². The second kappa shape index (κ2) is 8.16. The third-order valence-electron chi connectivity index (χ3n) is 4.32. The zero-order valence-electron chi connectivity index (χ0n) is 15.6. The predicted molar refractivity (Wildman–Crippen MR) is 103 cm³/mol. The summed E-state index contributed by atoms with van der Waals surface area (Å²) in [6.45, 7) is 1.98. The second-order valence-corrected chi connectivity index (χ2v) is 7.31. The molecule has 0 aliphatic carbocycles. The van der Waals surface area contributed by atoms with Gasteiger partial charge >= 0.3 is 0 Å². The van der Waals surface area contributed by atoms with Crippen molar-refractivity contribution in [1.29, 1.82) is 0 Å². The lowest BCUT2D eigenvalue weighted by Gasteiger charge is -2.15. The Labute approximate surface area is 169 Å². The smallest absolute Gasteiger partial charge is 0.277 e. The average molecular weight is 419 g/mol. The summed E-state index contributed by atoms with van der Waals surface area (Å²) in [6.07, 6.45) is -2.67. The lowest BCUT2D eigenvalue weighted by molar-refractivity contribution is -0.135. The van der Waals surface area contributed by atoms with Crippen LogP contribution in [0.5, 0.6) is 5.75 Å². The summed E-state index contributed by atoms with van der Waals surface area (Å²) in [5, 5.41) is 20.2. The fraction of sp³-hybridized carbons (Fsp3) is 0.316. The van der Waals surface area contributed by atoms with Gasteiger partial charge in [-0.05, 0) is 13.0 Å². The van der Waals surface area contributed by atoms with Crippen molar-refractivity contribution in [1.82, 2.24) is 9.88 Å². The van der Waals surface area contributed by atoms with Crippen molar-refractivity contribution in [2.45, 2.75) is 19.1 Å². The fourth-order valence-electron chi connectivity index (χ4n) is 2.63. The highest BCUT2D eigenvalue weighted by atomic mass is 32.1. The van der Waals surface area contributed by atoms with Crippen LogP contribution in [0.1, 0.15) is 33.3 Å². The number of fused-ring (bicyclic) bond motifs is 3. The monoisotopic (exact) mass is 419 g/mol. The van der Waals surface area contributed by atoms with Gasteiger partial charge in [-0.15, -0.1) is 11.3 Å². The van der Waals surface area contributed by atoms with Crippen LogP contribution in [-0.2, 0) is 4.79 Å². The fourth-order valence-corrected chi connectivity index (χ4v) is 3.53. The van der Waals surface area contributed by atoms with Gasteiger partial charge in [0.2, 0.25) is 0 Å². The molecule has 10 heteroatoms. The third-order valence-corrected chi connectivity index (χ3v) is 5.49. The van der Waals surface area contributed by atoms with Crippen LogP contribution < -0.4 is 10.5 Å². The van der Waals surface area contributed by atoms with Crippen molar-refractivity contribution >= 4 is 23.2 Å². The van der Waals surface area contributed by atoms with Gasteiger partial charge < -0.3 is 25.6 Å². The van der Waals surface area contributed by atoms with E-state index < -0.39 is 29.8 Å². The molecule has 2 aromatic rings. The number of benzene rings is 1. The van der Waals surface area contributed by atoms with E-state index in [1.165, 1.54) is 18.0 Å². The minimum atomic E-state index is -1.60. The van der Waals surface area contributed by atoms with Gasteiger partial charge in [0.05, 0.1) is 16.1 Å². The second-order valence-electron chi connectivity index (χ2n) is 6.28. The first kappa shape index (κ1) is 20.7. The van der Waals surface area contributed by atoms with Crippen LogP contribution in [0.25, 0.3) is 11.3 Å². The zero-order valence-corrected chi connectivity index (χ0v) is 16.4. The summed E-state index contributed by atoms with van der Waals surface area (Å²) in [7, 11) is 1.51. The number of nitrogens with two attached hydrogens (primary N) is 1. The first-order valence-electron chi connectivity index (χ1n) is 8.62. The molecule has 8 nitrogen and oxygen atoms in total. The maximum Gasteiger partial charge on any atom is 0.277 e. The molecule has 1 aliphatic heterocycles. The Hall–Kier alpha value is -3.00. The molecule has 1 aromatic heterocycles. The number of thiazole rings is 1. The summed E-state index contributed by atoms with van der Waals surface area (Å²) >= 11 is 0.931. The summed E-state index contributed by atoms with van der Waals surface area (Å²) in [5.74, 6) is 2.82. The van der Waals surface area contributed by atoms with Gasteiger partial charge in [0.15, 0.2) is 11.1 Å². The van der Waals surface area contributed by atoms with Crippen LogP contribution in [0.15, 0.2) is 12.1 Å². The molecule has 152 valence electrons. The number of aromatic nitrogens is 1. The standard InChI is InChI=1S/C19H18FN3O5S/c1-3-23(2)19(27)12(24)5-4-9-6-10-14(7-11(9)20)28-8-13(25)16-15(10)22-18(29-16)17(21)26/h6-7,12-13,24-25H,3,8H2,1-2H3,(H2,21,26)/t12-,13?/m1/s1. The summed E-state index contributed by atoms with van der Waals surface area (Å²) in [6, 6.07) is 2.41.